The van der Waals surface area contributed by atoms with Gasteiger partial charge in [0, 0.05) is 25.2 Å². The van der Waals surface area contributed by atoms with E-state index in [-0.39, 0.29) is 17.9 Å². The second-order valence-corrected chi connectivity index (χ2v) is 4.08. The summed E-state index contributed by atoms with van der Waals surface area (Å²) >= 11 is 0. The Morgan fingerprint density at radius 3 is 3.11 bits per heavy atom. The average molecular weight is 249 g/mol. The van der Waals surface area contributed by atoms with Crippen LogP contribution in [0.5, 0.6) is 0 Å². The lowest BCUT2D eigenvalue weighted by atomic mass is 10.2. The summed E-state index contributed by atoms with van der Waals surface area (Å²) in [7, 11) is 0. The topological polar surface area (TPSA) is 109 Å². The van der Waals surface area contributed by atoms with Crippen molar-refractivity contribution in [1.82, 2.24) is 15.6 Å². The number of aromatic nitrogens is 1. The van der Waals surface area contributed by atoms with Crippen LogP contribution >= 0.6 is 0 Å². The summed E-state index contributed by atoms with van der Waals surface area (Å²) in [5, 5.41) is 5.54. The molecule has 2 heterocycles. The lowest BCUT2D eigenvalue weighted by Gasteiger charge is -2.12. The van der Waals surface area contributed by atoms with Gasteiger partial charge < -0.3 is 16.1 Å². The Labute approximate surface area is 104 Å². The number of nitrogens with two attached hydrogens (primary N) is 1. The third-order valence-electron chi connectivity index (χ3n) is 2.82. The molecular formula is C11H15N5O2. The molecule has 1 aliphatic rings. The quantitative estimate of drug-likeness (QED) is 0.420. The Hall–Kier alpha value is -2.15. The molecule has 1 unspecified atom stereocenters. The number of nitrogens with one attached hydrogen (secondary N) is 3. The molecule has 7 heteroatoms. The van der Waals surface area contributed by atoms with Gasteiger partial charge in [0.2, 0.25) is 5.91 Å². The van der Waals surface area contributed by atoms with E-state index in [1.807, 2.05) is 0 Å². The smallest absolute Gasteiger partial charge is 0.253 e. The monoisotopic (exact) mass is 249 g/mol. The molecule has 0 bridgehead atoms. The minimum Gasteiger partial charge on any atom is -0.352 e. The molecule has 0 saturated carbocycles. The van der Waals surface area contributed by atoms with Crippen molar-refractivity contribution in [1.29, 1.82) is 0 Å². The molecule has 5 N–H and O–H groups in total. The number of carbonyl (C=O) groups excluding carboxylic acids is 2. The number of hydrogen-bond acceptors (Lipinski definition) is 5. The highest BCUT2D eigenvalue weighted by Crippen LogP contribution is 2.11. The SMILES string of the molecule is NNc1cnccc1C(=O)NCC1CCC(=O)N1. The maximum Gasteiger partial charge on any atom is 0.253 e. The molecule has 0 aromatic carbocycles. The zero-order valence-corrected chi connectivity index (χ0v) is 9.77. The highest BCUT2D eigenvalue weighted by Gasteiger charge is 2.21. The number of pyridine rings is 1. The van der Waals surface area contributed by atoms with Gasteiger partial charge in [-0.05, 0) is 12.5 Å². The van der Waals surface area contributed by atoms with Crippen molar-refractivity contribution in [2.75, 3.05) is 12.0 Å². The van der Waals surface area contributed by atoms with Crippen LogP contribution < -0.4 is 21.9 Å². The van der Waals surface area contributed by atoms with E-state index < -0.39 is 0 Å². The average Bonchev–Trinajstić information content (AvgIpc) is 2.81. The predicted molar refractivity (Wildman–Crippen MR) is 65.5 cm³/mol. The highest BCUT2D eigenvalue weighted by molar-refractivity contribution is 5.99. The molecule has 0 spiro atoms. The zero-order chi connectivity index (χ0) is 13.0. The summed E-state index contributed by atoms with van der Waals surface area (Å²) in [6.45, 7) is 0.414. The minimum absolute atomic E-state index is 0.0116. The number of anilines is 1. The fraction of sp³-hybridized carbons (Fsp3) is 0.364. The van der Waals surface area contributed by atoms with Crippen molar-refractivity contribution < 1.29 is 9.59 Å². The van der Waals surface area contributed by atoms with Gasteiger partial charge in [-0.3, -0.25) is 20.4 Å². The Kier molecular flexibility index (Phi) is 3.73. The van der Waals surface area contributed by atoms with E-state index in [0.29, 0.717) is 24.2 Å². The standard InChI is InChI=1S/C11H15N5O2/c12-16-9-6-13-4-3-8(9)11(18)14-5-7-1-2-10(17)15-7/h3-4,6-7,16H,1-2,5,12H2,(H,14,18)(H,15,17). The molecule has 1 fully saturated rings. The van der Waals surface area contributed by atoms with E-state index in [1.165, 1.54) is 12.4 Å². The summed E-state index contributed by atoms with van der Waals surface area (Å²) in [6, 6.07) is 1.59. The maximum absolute atomic E-state index is 11.9. The summed E-state index contributed by atoms with van der Waals surface area (Å²) in [5.41, 5.74) is 3.31. The first-order valence-electron chi connectivity index (χ1n) is 5.69. The number of carbonyl (C=O) groups is 2. The Morgan fingerprint density at radius 1 is 1.61 bits per heavy atom. The van der Waals surface area contributed by atoms with Gasteiger partial charge in [-0.15, -0.1) is 0 Å². The highest BCUT2D eigenvalue weighted by atomic mass is 16.2. The zero-order valence-electron chi connectivity index (χ0n) is 9.77. The number of rotatable bonds is 4. The van der Waals surface area contributed by atoms with Gasteiger partial charge in [-0.25, -0.2) is 0 Å². The van der Waals surface area contributed by atoms with Crippen LogP contribution in [0.3, 0.4) is 0 Å². The number of amides is 2. The second-order valence-electron chi connectivity index (χ2n) is 4.08. The molecule has 1 aromatic heterocycles. The van der Waals surface area contributed by atoms with Crippen molar-refractivity contribution in [2.45, 2.75) is 18.9 Å². The lowest BCUT2D eigenvalue weighted by Crippen LogP contribution is -2.38. The number of hydrogen-bond donors (Lipinski definition) is 4. The molecule has 1 atom stereocenters. The first kappa shape index (κ1) is 12.3. The van der Waals surface area contributed by atoms with Gasteiger partial charge in [0.05, 0.1) is 17.4 Å². The van der Waals surface area contributed by atoms with Gasteiger partial charge in [-0.1, -0.05) is 0 Å². The van der Waals surface area contributed by atoms with Crippen LogP contribution in [0.25, 0.3) is 0 Å². The molecule has 1 aromatic rings. The largest absolute Gasteiger partial charge is 0.352 e. The second kappa shape index (κ2) is 5.46. The fourth-order valence-electron chi connectivity index (χ4n) is 1.85. The third kappa shape index (κ3) is 2.75. The number of nitrogens with zero attached hydrogens (tertiary/aromatic N) is 1. The molecule has 1 aliphatic heterocycles. The van der Waals surface area contributed by atoms with Crippen molar-refractivity contribution in [3.05, 3.63) is 24.0 Å². The van der Waals surface area contributed by atoms with E-state index in [1.54, 1.807) is 6.07 Å². The molecule has 0 radical (unpaired) electrons. The Bertz CT molecular complexity index is 463. The van der Waals surface area contributed by atoms with E-state index >= 15 is 0 Å². The Morgan fingerprint density at radius 2 is 2.44 bits per heavy atom. The van der Waals surface area contributed by atoms with Gasteiger partial charge >= 0.3 is 0 Å². The van der Waals surface area contributed by atoms with Crippen LogP contribution in [-0.2, 0) is 4.79 Å². The minimum atomic E-state index is -0.244. The number of hydrazine groups is 1. The fourth-order valence-corrected chi connectivity index (χ4v) is 1.85. The Balaban J connectivity index is 1.93. The van der Waals surface area contributed by atoms with Crippen LogP contribution in [0.4, 0.5) is 5.69 Å². The van der Waals surface area contributed by atoms with Gasteiger partial charge in [0.15, 0.2) is 0 Å². The lowest BCUT2D eigenvalue weighted by molar-refractivity contribution is -0.119. The molecule has 1 saturated heterocycles. The normalized spacial score (nSPS) is 18.3. The first-order valence-corrected chi connectivity index (χ1v) is 5.69. The summed E-state index contributed by atoms with van der Waals surface area (Å²) < 4.78 is 0. The maximum atomic E-state index is 11.9. The van der Waals surface area contributed by atoms with Crippen LogP contribution in [-0.4, -0.2) is 29.4 Å². The summed E-state index contributed by atoms with van der Waals surface area (Å²) in [5.74, 6) is 5.08. The summed E-state index contributed by atoms with van der Waals surface area (Å²) in [4.78, 5) is 26.8. The number of nitrogen functional groups attached to an aromatic ring is 1. The van der Waals surface area contributed by atoms with E-state index in [2.05, 4.69) is 21.0 Å². The molecule has 0 aliphatic carbocycles. The molecule has 18 heavy (non-hydrogen) atoms. The van der Waals surface area contributed by atoms with Crippen LogP contribution in [0.15, 0.2) is 18.5 Å². The van der Waals surface area contributed by atoms with Crippen molar-refractivity contribution in [2.24, 2.45) is 5.84 Å². The van der Waals surface area contributed by atoms with Crippen molar-refractivity contribution in [3.63, 3.8) is 0 Å². The predicted octanol–water partition coefficient (Wildman–Crippen LogP) is -0.624. The van der Waals surface area contributed by atoms with Crippen molar-refractivity contribution in [3.8, 4) is 0 Å². The molecule has 2 rings (SSSR count). The van der Waals surface area contributed by atoms with Gasteiger partial charge in [-0.2, -0.15) is 0 Å². The van der Waals surface area contributed by atoms with E-state index in [4.69, 9.17) is 5.84 Å². The third-order valence-corrected chi connectivity index (χ3v) is 2.82. The van der Waals surface area contributed by atoms with E-state index in [0.717, 1.165) is 6.42 Å². The van der Waals surface area contributed by atoms with E-state index in [9.17, 15) is 9.59 Å². The van der Waals surface area contributed by atoms with Crippen LogP contribution in [0.1, 0.15) is 23.2 Å². The van der Waals surface area contributed by atoms with Crippen LogP contribution in [0.2, 0.25) is 0 Å². The van der Waals surface area contributed by atoms with Gasteiger partial charge in [0.25, 0.3) is 5.91 Å². The summed E-state index contributed by atoms with van der Waals surface area (Å²) in [6.07, 6.45) is 4.27. The molecular weight excluding hydrogens is 234 g/mol. The first-order chi connectivity index (χ1) is 8.70. The van der Waals surface area contributed by atoms with Gasteiger partial charge in [0.1, 0.15) is 0 Å². The molecule has 7 nitrogen and oxygen atoms in total. The van der Waals surface area contributed by atoms with Crippen LogP contribution in [0, 0.1) is 0 Å². The molecule has 96 valence electrons. The van der Waals surface area contributed by atoms with Crippen molar-refractivity contribution >= 4 is 17.5 Å². The molecule has 2 amide bonds.